The highest BCUT2D eigenvalue weighted by Crippen LogP contribution is 2.12. The van der Waals surface area contributed by atoms with E-state index in [1.165, 1.54) is 5.56 Å². The van der Waals surface area contributed by atoms with Crippen molar-refractivity contribution in [1.82, 2.24) is 10.2 Å². The van der Waals surface area contributed by atoms with Crippen molar-refractivity contribution in [3.05, 3.63) is 29.8 Å². The lowest BCUT2D eigenvalue weighted by Gasteiger charge is -2.29. The van der Waals surface area contributed by atoms with E-state index < -0.39 is 0 Å². The third-order valence-electron chi connectivity index (χ3n) is 3.60. The van der Waals surface area contributed by atoms with E-state index >= 15 is 0 Å². The van der Waals surface area contributed by atoms with Crippen LogP contribution in [0.2, 0.25) is 0 Å². The normalized spacial score (nSPS) is 16.0. The number of ether oxygens (including phenoxy) is 1. The molecule has 5 heteroatoms. The van der Waals surface area contributed by atoms with Crippen LogP contribution in [0, 0.1) is 0 Å². The van der Waals surface area contributed by atoms with Crippen molar-refractivity contribution in [2.45, 2.75) is 25.4 Å². The van der Waals surface area contributed by atoms with Crippen molar-refractivity contribution in [2.75, 3.05) is 26.7 Å². The van der Waals surface area contributed by atoms with E-state index in [9.17, 15) is 9.90 Å². The molecule has 0 radical (unpaired) electrons. The van der Waals surface area contributed by atoms with Crippen LogP contribution < -0.4 is 10.1 Å². The number of rotatable bonds is 4. The summed E-state index contributed by atoms with van der Waals surface area (Å²) in [4.78, 5) is 13.7. The van der Waals surface area contributed by atoms with Gasteiger partial charge >= 0.3 is 6.03 Å². The second kappa shape index (κ2) is 7.14. The van der Waals surface area contributed by atoms with Gasteiger partial charge in [0.2, 0.25) is 0 Å². The van der Waals surface area contributed by atoms with Crippen LogP contribution >= 0.6 is 0 Å². The molecule has 2 N–H and O–H groups in total. The van der Waals surface area contributed by atoms with E-state index in [1.807, 2.05) is 24.3 Å². The van der Waals surface area contributed by atoms with Gasteiger partial charge in [-0.2, -0.15) is 0 Å². The first-order valence-electron chi connectivity index (χ1n) is 7.03. The predicted octanol–water partition coefficient (Wildman–Crippen LogP) is 1.40. The molecule has 110 valence electrons. The zero-order chi connectivity index (χ0) is 14.4. The first kappa shape index (κ1) is 14.7. The Kier molecular flexibility index (Phi) is 5.24. The van der Waals surface area contributed by atoms with Crippen LogP contribution in [0.1, 0.15) is 18.4 Å². The summed E-state index contributed by atoms with van der Waals surface area (Å²) in [6, 6.07) is 7.81. The molecule has 2 rings (SSSR count). The van der Waals surface area contributed by atoms with Crippen LogP contribution in [0.5, 0.6) is 5.75 Å². The summed E-state index contributed by atoms with van der Waals surface area (Å²) in [5, 5.41) is 12.3. The lowest BCUT2D eigenvalue weighted by atomic mass is 10.1. The maximum atomic E-state index is 11.9. The third-order valence-corrected chi connectivity index (χ3v) is 3.60. The van der Waals surface area contributed by atoms with Crippen molar-refractivity contribution in [1.29, 1.82) is 0 Å². The van der Waals surface area contributed by atoms with Gasteiger partial charge in [-0.1, -0.05) is 12.1 Å². The maximum Gasteiger partial charge on any atom is 0.317 e. The highest BCUT2D eigenvalue weighted by atomic mass is 16.5. The minimum atomic E-state index is -0.252. The van der Waals surface area contributed by atoms with E-state index in [0.717, 1.165) is 12.2 Å². The number of aliphatic hydroxyl groups excluding tert-OH is 1. The summed E-state index contributed by atoms with van der Waals surface area (Å²) in [7, 11) is 1.64. The summed E-state index contributed by atoms with van der Waals surface area (Å²) >= 11 is 0. The molecule has 1 aromatic carbocycles. The summed E-state index contributed by atoms with van der Waals surface area (Å²) < 4.78 is 5.10. The summed E-state index contributed by atoms with van der Waals surface area (Å²) in [6.07, 6.45) is 1.89. The second-order valence-corrected chi connectivity index (χ2v) is 5.05. The van der Waals surface area contributed by atoms with Gasteiger partial charge in [0.05, 0.1) is 13.2 Å². The Bertz CT molecular complexity index is 425. The molecule has 0 bridgehead atoms. The number of methoxy groups -OCH3 is 1. The molecular formula is C15H22N2O3. The fourth-order valence-corrected chi connectivity index (χ4v) is 2.29. The molecule has 0 unspecified atom stereocenters. The molecule has 20 heavy (non-hydrogen) atoms. The van der Waals surface area contributed by atoms with E-state index in [2.05, 4.69) is 5.32 Å². The molecule has 0 aromatic heterocycles. The maximum absolute atomic E-state index is 11.9. The Balaban J connectivity index is 1.70. The fraction of sp³-hybridized carbons (Fsp3) is 0.533. The van der Waals surface area contributed by atoms with Crippen LogP contribution in [-0.2, 0) is 6.42 Å². The second-order valence-electron chi connectivity index (χ2n) is 5.05. The molecule has 0 atom stereocenters. The lowest BCUT2D eigenvalue weighted by Crippen LogP contribution is -2.45. The standard InChI is InChI=1S/C15H22N2O3/c1-20-14-4-2-12(3-5-14)6-9-16-15(19)17-10-7-13(18)8-11-17/h2-5,13,18H,6-11H2,1H3,(H,16,19). The van der Waals surface area contributed by atoms with Gasteiger partial charge in [0.15, 0.2) is 0 Å². The zero-order valence-corrected chi connectivity index (χ0v) is 11.8. The topological polar surface area (TPSA) is 61.8 Å². The largest absolute Gasteiger partial charge is 0.497 e. The molecule has 5 nitrogen and oxygen atoms in total. The smallest absolute Gasteiger partial charge is 0.317 e. The van der Waals surface area contributed by atoms with Crippen molar-refractivity contribution in [3.63, 3.8) is 0 Å². The molecule has 1 saturated heterocycles. The predicted molar refractivity (Wildman–Crippen MR) is 76.9 cm³/mol. The molecule has 1 fully saturated rings. The average Bonchev–Trinajstić information content (AvgIpc) is 2.48. The highest BCUT2D eigenvalue weighted by Gasteiger charge is 2.20. The van der Waals surface area contributed by atoms with Gasteiger partial charge in [-0.15, -0.1) is 0 Å². The van der Waals surface area contributed by atoms with E-state index in [4.69, 9.17) is 4.74 Å². The molecule has 1 aliphatic rings. The summed E-state index contributed by atoms with van der Waals surface area (Å²) in [5.41, 5.74) is 1.17. The molecular weight excluding hydrogens is 256 g/mol. The first-order valence-corrected chi connectivity index (χ1v) is 7.03. The number of amides is 2. The Morgan fingerprint density at radius 2 is 2.00 bits per heavy atom. The molecule has 1 heterocycles. The third kappa shape index (κ3) is 4.13. The number of piperidine rings is 1. The SMILES string of the molecule is COc1ccc(CCNC(=O)N2CCC(O)CC2)cc1. The van der Waals surface area contributed by atoms with Crippen LogP contribution in [0.15, 0.2) is 24.3 Å². The number of hydrogen-bond acceptors (Lipinski definition) is 3. The van der Waals surface area contributed by atoms with Crippen molar-refractivity contribution >= 4 is 6.03 Å². The molecule has 0 saturated carbocycles. The van der Waals surface area contributed by atoms with Crippen LogP contribution in [0.4, 0.5) is 4.79 Å². The Hall–Kier alpha value is -1.75. The number of nitrogens with zero attached hydrogens (tertiary/aromatic N) is 1. The summed E-state index contributed by atoms with van der Waals surface area (Å²) in [6.45, 7) is 1.88. The van der Waals surface area contributed by atoms with Gasteiger partial charge < -0.3 is 20.1 Å². The van der Waals surface area contributed by atoms with Crippen molar-refractivity contribution in [2.24, 2.45) is 0 Å². The Morgan fingerprint density at radius 3 is 2.60 bits per heavy atom. The van der Waals surface area contributed by atoms with Crippen LogP contribution in [0.25, 0.3) is 0 Å². The van der Waals surface area contributed by atoms with Gasteiger partial charge in [0, 0.05) is 19.6 Å². The zero-order valence-electron chi connectivity index (χ0n) is 11.8. The first-order chi connectivity index (χ1) is 9.69. The molecule has 1 aromatic rings. The van der Waals surface area contributed by atoms with Crippen molar-refractivity contribution < 1.29 is 14.6 Å². The van der Waals surface area contributed by atoms with E-state index in [-0.39, 0.29) is 12.1 Å². The summed E-state index contributed by atoms with van der Waals surface area (Å²) in [5.74, 6) is 0.838. The molecule has 0 aliphatic carbocycles. The number of nitrogens with one attached hydrogen (secondary N) is 1. The van der Waals surface area contributed by atoms with Gasteiger partial charge in [0.1, 0.15) is 5.75 Å². The molecule has 1 aliphatic heterocycles. The number of carbonyl (C=O) groups excluding carboxylic acids is 1. The van der Waals surface area contributed by atoms with Gasteiger partial charge in [0.25, 0.3) is 0 Å². The lowest BCUT2D eigenvalue weighted by molar-refractivity contribution is 0.0938. The van der Waals surface area contributed by atoms with Crippen LogP contribution in [0.3, 0.4) is 0 Å². The number of aliphatic hydroxyl groups is 1. The minimum Gasteiger partial charge on any atom is -0.497 e. The quantitative estimate of drug-likeness (QED) is 0.875. The Labute approximate surface area is 119 Å². The van der Waals surface area contributed by atoms with Gasteiger partial charge in [-0.3, -0.25) is 0 Å². The molecule has 2 amide bonds. The van der Waals surface area contributed by atoms with Gasteiger partial charge in [-0.25, -0.2) is 4.79 Å². The monoisotopic (exact) mass is 278 g/mol. The number of likely N-dealkylation sites (tertiary alicyclic amines) is 1. The number of carbonyl (C=O) groups is 1. The fourth-order valence-electron chi connectivity index (χ4n) is 2.29. The van der Waals surface area contributed by atoms with Crippen LogP contribution in [-0.4, -0.2) is 48.9 Å². The highest BCUT2D eigenvalue weighted by molar-refractivity contribution is 5.74. The number of urea groups is 1. The van der Waals surface area contributed by atoms with Crippen molar-refractivity contribution in [3.8, 4) is 5.75 Å². The number of hydrogen-bond donors (Lipinski definition) is 2. The van der Waals surface area contributed by atoms with Gasteiger partial charge in [-0.05, 0) is 37.0 Å². The average molecular weight is 278 g/mol. The van der Waals surface area contributed by atoms with E-state index in [1.54, 1.807) is 12.0 Å². The van der Waals surface area contributed by atoms with E-state index in [0.29, 0.717) is 32.5 Å². The number of benzene rings is 1. The minimum absolute atomic E-state index is 0.0367. The Morgan fingerprint density at radius 1 is 1.35 bits per heavy atom. The molecule has 0 spiro atoms.